The molecule has 0 bridgehead atoms. The van der Waals surface area contributed by atoms with Crippen LogP contribution in [-0.4, -0.2) is 52.9 Å². The lowest BCUT2D eigenvalue weighted by atomic mass is 9.93. The average Bonchev–Trinajstić information content (AvgIpc) is 3.57. The van der Waals surface area contributed by atoms with Gasteiger partial charge in [0.2, 0.25) is 11.8 Å². The first kappa shape index (κ1) is 21.8. The van der Waals surface area contributed by atoms with Crippen LogP contribution in [-0.2, 0) is 25.6 Å². The quantitative estimate of drug-likeness (QED) is 0.625. The van der Waals surface area contributed by atoms with Crippen LogP contribution in [0.4, 0.5) is 0 Å². The summed E-state index contributed by atoms with van der Waals surface area (Å²) in [5.74, 6) is -1.16. The monoisotopic (exact) mass is 473 g/mol. The minimum absolute atomic E-state index is 0.00992. The zero-order chi connectivity index (χ0) is 22.1. The van der Waals surface area contributed by atoms with Crippen molar-refractivity contribution in [1.29, 1.82) is 0 Å². The molecule has 3 aliphatic rings. The molecule has 0 radical (unpaired) electrons. The normalized spacial score (nSPS) is 26.6. The van der Waals surface area contributed by atoms with Crippen LogP contribution in [0, 0.1) is 5.92 Å². The number of hydrogen-bond donors (Lipinski definition) is 1. The highest BCUT2D eigenvalue weighted by atomic mass is 32.1. The Morgan fingerprint density at radius 2 is 1.84 bits per heavy atom. The summed E-state index contributed by atoms with van der Waals surface area (Å²) >= 11 is 3.19. The van der Waals surface area contributed by atoms with Crippen molar-refractivity contribution >= 4 is 40.4 Å². The van der Waals surface area contributed by atoms with Crippen LogP contribution in [0.3, 0.4) is 0 Å². The first-order valence-corrected chi connectivity index (χ1v) is 13.0. The number of amides is 3. The van der Waals surface area contributed by atoms with E-state index >= 15 is 0 Å². The number of nitrogens with zero attached hydrogens (tertiary/aromatic N) is 2. The lowest BCUT2D eigenvalue weighted by Crippen LogP contribution is -2.45. The molecule has 3 atom stereocenters. The first-order chi connectivity index (χ1) is 15.6. The Balaban J connectivity index is 1.29. The molecule has 5 rings (SSSR count). The second-order valence-corrected chi connectivity index (χ2v) is 10.6. The molecule has 2 aromatic rings. The Bertz CT molecular complexity index is 956. The maximum atomic E-state index is 13.4. The fourth-order valence-corrected chi connectivity index (χ4v) is 6.67. The molecule has 2 aliphatic heterocycles. The van der Waals surface area contributed by atoms with Crippen molar-refractivity contribution in [2.75, 3.05) is 13.1 Å². The molecule has 1 aliphatic carbocycles. The predicted molar refractivity (Wildman–Crippen MR) is 122 cm³/mol. The maximum Gasteiger partial charge on any atom is 0.261 e. The number of likely N-dealkylation sites (tertiary alicyclic amines) is 1. The lowest BCUT2D eigenvalue weighted by Gasteiger charge is -2.32. The van der Waals surface area contributed by atoms with Gasteiger partial charge >= 0.3 is 0 Å². The smallest absolute Gasteiger partial charge is 0.261 e. The van der Waals surface area contributed by atoms with E-state index in [9.17, 15) is 14.4 Å². The van der Waals surface area contributed by atoms with E-state index in [1.54, 1.807) is 16.4 Å². The van der Waals surface area contributed by atoms with Gasteiger partial charge < -0.3 is 5.32 Å². The molecular weight excluding hydrogens is 446 g/mol. The third-order valence-electron chi connectivity index (χ3n) is 6.58. The van der Waals surface area contributed by atoms with Crippen molar-refractivity contribution in [2.24, 2.45) is 5.92 Å². The molecule has 2 saturated heterocycles. The predicted octanol–water partition coefficient (Wildman–Crippen LogP) is 3.14. The summed E-state index contributed by atoms with van der Waals surface area (Å²) in [5, 5.41) is 8.45. The molecule has 1 N–H and O–H groups in total. The Morgan fingerprint density at radius 3 is 2.56 bits per heavy atom. The molecule has 0 aromatic carbocycles. The fourth-order valence-electron chi connectivity index (χ4n) is 5.08. The van der Waals surface area contributed by atoms with Crippen LogP contribution < -0.4 is 5.32 Å². The highest BCUT2D eigenvalue weighted by molar-refractivity contribution is 7.10. The molecular formula is C23H27N3O4S2. The molecule has 170 valence electrons. The molecule has 4 heterocycles. The maximum absolute atomic E-state index is 13.4. The minimum atomic E-state index is -0.838. The zero-order valence-corrected chi connectivity index (χ0v) is 19.4. The van der Waals surface area contributed by atoms with Gasteiger partial charge in [0.25, 0.3) is 5.91 Å². The van der Waals surface area contributed by atoms with E-state index in [0.717, 1.165) is 43.4 Å². The van der Waals surface area contributed by atoms with Gasteiger partial charge in [-0.05, 0) is 42.2 Å². The van der Waals surface area contributed by atoms with E-state index in [-0.39, 0.29) is 30.3 Å². The van der Waals surface area contributed by atoms with Crippen molar-refractivity contribution in [3.63, 3.8) is 0 Å². The number of fused-ring (bicyclic) bond motifs is 1. The van der Waals surface area contributed by atoms with Gasteiger partial charge in [0.15, 0.2) is 6.10 Å². The van der Waals surface area contributed by atoms with E-state index in [4.69, 9.17) is 4.84 Å². The molecule has 3 unspecified atom stereocenters. The van der Waals surface area contributed by atoms with Crippen molar-refractivity contribution < 1.29 is 19.2 Å². The Labute approximate surface area is 195 Å². The first-order valence-electron chi connectivity index (χ1n) is 11.3. The molecule has 0 spiro atoms. The fraction of sp³-hybridized carbons (Fsp3) is 0.522. The zero-order valence-electron chi connectivity index (χ0n) is 17.8. The second kappa shape index (κ2) is 9.43. The van der Waals surface area contributed by atoms with E-state index < -0.39 is 18.1 Å². The number of carbonyl (C=O) groups is 3. The molecule has 3 amide bonds. The summed E-state index contributed by atoms with van der Waals surface area (Å²) in [6.07, 6.45) is 4.93. The van der Waals surface area contributed by atoms with Crippen molar-refractivity contribution in [3.05, 3.63) is 44.8 Å². The summed E-state index contributed by atoms with van der Waals surface area (Å²) < 4.78 is 0. The Kier molecular flexibility index (Phi) is 6.41. The largest absolute Gasteiger partial charge is 0.355 e. The van der Waals surface area contributed by atoms with Crippen LogP contribution in [0.1, 0.15) is 47.9 Å². The van der Waals surface area contributed by atoms with Gasteiger partial charge in [-0.2, -0.15) is 5.06 Å². The van der Waals surface area contributed by atoms with Gasteiger partial charge in [-0.1, -0.05) is 31.4 Å². The highest BCUT2D eigenvalue weighted by Gasteiger charge is 2.61. The molecule has 1 saturated carbocycles. The number of imide groups is 1. The van der Waals surface area contributed by atoms with Crippen LogP contribution >= 0.6 is 22.7 Å². The standard InChI is InChI=1S/C23H27N3O4S2/c27-18(24-11-10-16-8-4-12-31-16)14-25-20(17-9-5-13-32-17)19-21(30-25)23(29)26(22(19)28)15-6-2-1-3-7-15/h4-5,8-9,12-13,15,19-21H,1-3,6-7,10-11,14H2,(H,24,27). The third kappa shape index (κ3) is 4.14. The number of nitrogens with one attached hydrogen (secondary N) is 1. The average molecular weight is 474 g/mol. The van der Waals surface area contributed by atoms with Gasteiger partial charge in [0.05, 0.1) is 12.0 Å². The molecule has 32 heavy (non-hydrogen) atoms. The minimum Gasteiger partial charge on any atom is -0.355 e. The number of carbonyl (C=O) groups excluding carboxylic acids is 3. The topological polar surface area (TPSA) is 79.0 Å². The summed E-state index contributed by atoms with van der Waals surface area (Å²) in [6.45, 7) is 0.529. The van der Waals surface area contributed by atoms with Gasteiger partial charge in [0.1, 0.15) is 6.54 Å². The second-order valence-electron chi connectivity index (χ2n) is 8.60. The molecule has 9 heteroatoms. The van der Waals surface area contributed by atoms with Gasteiger partial charge in [-0.15, -0.1) is 22.7 Å². The van der Waals surface area contributed by atoms with Crippen molar-refractivity contribution in [3.8, 4) is 0 Å². The number of hydroxylamine groups is 2. The Morgan fingerprint density at radius 1 is 1.06 bits per heavy atom. The molecule has 2 aromatic heterocycles. The highest BCUT2D eigenvalue weighted by Crippen LogP contribution is 2.46. The van der Waals surface area contributed by atoms with Crippen LogP contribution in [0.5, 0.6) is 0 Å². The molecule has 7 nitrogen and oxygen atoms in total. The van der Waals surface area contributed by atoms with E-state index in [2.05, 4.69) is 5.32 Å². The lowest BCUT2D eigenvalue weighted by molar-refractivity contribution is -0.183. The van der Waals surface area contributed by atoms with Gasteiger partial charge in [-0.25, -0.2) is 0 Å². The molecule has 3 fully saturated rings. The van der Waals surface area contributed by atoms with Crippen LogP contribution in [0.25, 0.3) is 0 Å². The third-order valence-corrected chi connectivity index (χ3v) is 8.46. The summed E-state index contributed by atoms with van der Waals surface area (Å²) in [6, 6.07) is 7.47. The number of hydrogen-bond acceptors (Lipinski definition) is 7. The Hall–Kier alpha value is -2.07. The van der Waals surface area contributed by atoms with E-state index in [1.807, 2.05) is 35.0 Å². The van der Waals surface area contributed by atoms with Crippen molar-refractivity contribution in [1.82, 2.24) is 15.3 Å². The van der Waals surface area contributed by atoms with Crippen LogP contribution in [0.15, 0.2) is 35.0 Å². The van der Waals surface area contributed by atoms with E-state index in [1.165, 1.54) is 21.1 Å². The SMILES string of the molecule is O=C(CN1OC2C(=O)N(C3CCCCC3)C(=O)C2C1c1cccs1)NCCc1cccs1. The summed E-state index contributed by atoms with van der Waals surface area (Å²) in [4.78, 5) is 48.9. The summed E-state index contributed by atoms with van der Waals surface area (Å²) in [5.41, 5.74) is 0. The van der Waals surface area contributed by atoms with Gasteiger partial charge in [0, 0.05) is 22.3 Å². The number of thiophene rings is 2. The van der Waals surface area contributed by atoms with Crippen molar-refractivity contribution in [2.45, 2.75) is 56.7 Å². The summed E-state index contributed by atoms with van der Waals surface area (Å²) in [7, 11) is 0. The van der Waals surface area contributed by atoms with Crippen LogP contribution in [0.2, 0.25) is 0 Å². The number of rotatable bonds is 7. The van der Waals surface area contributed by atoms with Gasteiger partial charge in [-0.3, -0.25) is 24.1 Å². The van der Waals surface area contributed by atoms with E-state index in [0.29, 0.717) is 6.54 Å².